The summed E-state index contributed by atoms with van der Waals surface area (Å²) in [6.45, 7) is 1.99. The molecule has 2 aromatic carbocycles. The van der Waals surface area contributed by atoms with E-state index in [1.807, 2.05) is 67.6 Å². The summed E-state index contributed by atoms with van der Waals surface area (Å²) in [5, 5.41) is 0. The zero-order chi connectivity index (χ0) is 15.4. The molecule has 22 heavy (non-hydrogen) atoms. The normalized spacial score (nSPS) is 16.1. The van der Waals surface area contributed by atoms with Gasteiger partial charge in [-0.2, -0.15) is 0 Å². The van der Waals surface area contributed by atoms with E-state index in [-0.39, 0.29) is 0 Å². The van der Waals surface area contributed by atoms with Gasteiger partial charge in [0.15, 0.2) is 5.70 Å². The summed E-state index contributed by atoms with van der Waals surface area (Å²) >= 11 is 0. The molecule has 0 bridgehead atoms. The number of carbonyl (C=O) groups is 1. The second kappa shape index (κ2) is 6.22. The Balaban J connectivity index is 1.81. The maximum Gasteiger partial charge on any atom is 0.363 e. The molecule has 1 heterocycles. The molecular weight excluding hydrogens is 274 g/mol. The highest BCUT2D eigenvalue weighted by molar-refractivity contribution is 6.11. The first-order valence-corrected chi connectivity index (χ1v) is 7.04. The van der Waals surface area contributed by atoms with Crippen LogP contribution in [0.15, 0.2) is 77.4 Å². The maximum atomic E-state index is 11.8. The first kappa shape index (κ1) is 14.0. The number of ether oxygens (including phenoxy) is 1. The van der Waals surface area contributed by atoms with Crippen LogP contribution in [0.1, 0.15) is 16.7 Å². The minimum Gasteiger partial charge on any atom is -0.402 e. The standard InChI is InChI=1S/C19H15NO2/c1-14-7-5-11-16(13-14)18-20-17(19(21)22-18)12-6-10-15-8-3-2-4-9-15/h2-13H,1H3/b10-6+,17-12-. The van der Waals surface area contributed by atoms with Crippen molar-refractivity contribution in [2.75, 3.05) is 0 Å². The quantitative estimate of drug-likeness (QED) is 0.635. The van der Waals surface area contributed by atoms with Crippen molar-refractivity contribution in [2.45, 2.75) is 6.92 Å². The zero-order valence-corrected chi connectivity index (χ0v) is 12.2. The number of rotatable bonds is 3. The van der Waals surface area contributed by atoms with Gasteiger partial charge in [0.05, 0.1) is 0 Å². The zero-order valence-electron chi connectivity index (χ0n) is 12.2. The minimum absolute atomic E-state index is 0.309. The second-order valence-corrected chi connectivity index (χ2v) is 5.00. The van der Waals surface area contributed by atoms with Crippen molar-refractivity contribution in [1.29, 1.82) is 0 Å². The predicted molar refractivity (Wildman–Crippen MR) is 87.4 cm³/mol. The van der Waals surface area contributed by atoms with E-state index in [9.17, 15) is 4.79 Å². The van der Waals surface area contributed by atoms with Gasteiger partial charge in [0.25, 0.3) is 0 Å². The lowest BCUT2D eigenvalue weighted by atomic mass is 10.1. The number of benzene rings is 2. The van der Waals surface area contributed by atoms with Crippen LogP contribution in [0.4, 0.5) is 0 Å². The summed E-state index contributed by atoms with van der Waals surface area (Å²) in [5.41, 5.74) is 3.28. The maximum absolute atomic E-state index is 11.8. The van der Waals surface area contributed by atoms with Crippen molar-refractivity contribution < 1.29 is 9.53 Å². The molecule has 0 fully saturated rings. The third-order valence-electron chi connectivity index (χ3n) is 3.23. The van der Waals surface area contributed by atoms with E-state index >= 15 is 0 Å². The Labute approximate surface area is 129 Å². The van der Waals surface area contributed by atoms with Gasteiger partial charge in [0, 0.05) is 5.56 Å². The Morgan fingerprint density at radius 3 is 2.64 bits per heavy atom. The molecule has 0 radical (unpaired) electrons. The molecule has 1 aliphatic heterocycles. The van der Waals surface area contributed by atoms with Crippen molar-refractivity contribution in [3.63, 3.8) is 0 Å². The van der Waals surface area contributed by atoms with E-state index in [1.54, 1.807) is 12.2 Å². The summed E-state index contributed by atoms with van der Waals surface area (Å²) in [6.07, 6.45) is 5.38. The highest BCUT2D eigenvalue weighted by atomic mass is 16.6. The summed E-state index contributed by atoms with van der Waals surface area (Å²) in [7, 11) is 0. The van der Waals surface area contributed by atoms with Gasteiger partial charge < -0.3 is 4.74 Å². The van der Waals surface area contributed by atoms with Crippen LogP contribution < -0.4 is 0 Å². The number of nitrogens with zero attached hydrogens (tertiary/aromatic N) is 1. The summed E-state index contributed by atoms with van der Waals surface area (Å²) in [6, 6.07) is 17.6. The number of cyclic esters (lactones) is 1. The Morgan fingerprint density at radius 1 is 1.05 bits per heavy atom. The number of allylic oxidation sites excluding steroid dienone is 2. The fourth-order valence-corrected chi connectivity index (χ4v) is 2.14. The van der Waals surface area contributed by atoms with Crippen LogP contribution in [-0.4, -0.2) is 11.9 Å². The highest BCUT2D eigenvalue weighted by Gasteiger charge is 2.23. The first-order valence-electron chi connectivity index (χ1n) is 7.04. The summed E-state index contributed by atoms with van der Waals surface area (Å²) in [4.78, 5) is 16.1. The fourth-order valence-electron chi connectivity index (χ4n) is 2.14. The number of hydrogen-bond donors (Lipinski definition) is 0. The van der Waals surface area contributed by atoms with E-state index in [2.05, 4.69) is 4.99 Å². The topological polar surface area (TPSA) is 38.7 Å². The number of esters is 1. The number of aliphatic imine (C=N–C) groups is 1. The Morgan fingerprint density at radius 2 is 1.86 bits per heavy atom. The monoisotopic (exact) mass is 289 g/mol. The van der Waals surface area contributed by atoms with Crippen molar-refractivity contribution in [2.24, 2.45) is 4.99 Å². The molecule has 0 unspecified atom stereocenters. The lowest BCUT2D eigenvalue weighted by Crippen LogP contribution is -2.05. The van der Waals surface area contributed by atoms with Gasteiger partial charge in [-0.05, 0) is 30.7 Å². The molecule has 0 atom stereocenters. The van der Waals surface area contributed by atoms with Crippen LogP contribution >= 0.6 is 0 Å². The molecule has 108 valence electrons. The van der Waals surface area contributed by atoms with Gasteiger partial charge in [-0.1, -0.05) is 60.2 Å². The second-order valence-electron chi connectivity index (χ2n) is 5.00. The summed E-state index contributed by atoms with van der Waals surface area (Å²) in [5.74, 6) is -0.0673. The van der Waals surface area contributed by atoms with Gasteiger partial charge in [-0.3, -0.25) is 0 Å². The molecule has 3 rings (SSSR count). The van der Waals surface area contributed by atoms with Crippen LogP contribution in [0.25, 0.3) is 6.08 Å². The van der Waals surface area contributed by atoms with Crippen molar-refractivity contribution >= 4 is 17.9 Å². The molecule has 0 amide bonds. The van der Waals surface area contributed by atoms with Crippen LogP contribution in [0.5, 0.6) is 0 Å². The molecule has 0 saturated heterocycles. The van der Waals surface area contributed by atoms with Crippen LogP contribution in [0, 0.1) is 6.92 Å². The number of carbonyl (C=O) groups excluding carboxylic acids is 1. The number of hydrogen-bond acceptors (Lipinski definition) is 3. The summed E-state index contributed by atoms with van der Waals surface area (Å²) < 4.78 is 5.23. The average Bonchev–Trinajstić information content (AvgIpc) is 2.90. The van der Waals surface area contributed by atoms with Crippen LogP contribution in [0.2, 0.25) is 0 Å². The minimum atomic E-state index is -0.422. The molecule has 0 saturated carbocycles. The predicted octanol–water partition coefficient (Wildman–Crippen LogP) is 3.90. The van der Waals surface area contributed by atoms with Crippen molar-refractivity contribution in [3.8, 4) is 0 Å². The molecule has 0 aromatic heterocycles. The van der Waals surface area contributed by atoms with Gasteiger partial charge in [-0.25, -0.2) is 9.79 Å². The third kappa shape index (κ3) is 3.20. The molecule has 0 N–H and O–H groups in total. The third-order valence-corrected chi connectivity index (χ3v) is 3.23. The largest absolute Gasteiger partial charge is 0.402 e. The lowest BCUT2D eigenvalue weighted by molar-refractivity contribution is -0.130. The van der Waals surface area contributed by atoms with E-state index in [0.29, 0.717) is 11.6 Å². The highest BCUT2D eigenvalue weighted by Crippen LogP contribution is 2.17. The van der Waals surface area contributed by atoms with E-state index < -0.39 is 5.97 Å². The Bertz CT molecular complexity index is 786. The molecule has 0 spiro atoms. The fraction of sp³-hybridized carbons (Fsp3) is 0.0526. The first-order chi connectivity index (χ1) is 10.7. The lowest BCUT2D eigenvalue weighted by Gasteiger charge is -1.99. The van der Waals surface area contributed by atoms with E-state index in [4.69, 9.17) is 4.74 Å². The molecule has 3 heteroatoms. The van der Waals surface area contributed by atoms with Crippen LogP contribution in [0.3, 0.4) is 0 Å². The van der Waals surface area contributed by atoms with Crippen LogP contribution in [-0.2, 0) is 9.53 Å². The molecule has 1 aliphatic rings. The molecule has 3 nitrogen and oxygen atoms in total. The average molecular weight is 289 g/mol. The van der Waals surface area contributed by atoms with Crippen molar-refractivity contribution in [3.05, 3.63) is 89.1 Å². The SMILES string of the molecule is Cc1cccc(C2=N/C(=C\C=C\c3ccccc3)C(=O)O2)c1. The molecule has 0 aliphatic carbocycles. The molecule has 2 aromatic rings. The van der Waals surface area contributed by atoms with E-state index in [1.165, 1.54) is 0 Å². The molecular formula is C19H15NO2. The smallest absolute Gasteiger partial charge is 0.363 e. The van der Waals surface area contributed by atoms with Gasteiger partial charge in [-0.15, -0.1) is 0 Å². The number of aryl methyl sites for hydroxylation is 1. The Kier molecular flexibility index (Phi) is 3.97. The van der Waals surface area contributed by atoms with Gasteiger partial charge >= 0.3 is 5.97 Å². The van der Waals surface area contributed by atoms with E-state index in [0.717, 1.165) is 16.7 Å². The van der Waals surface area contributed by atoms with Crippen molar-refractivity contribution in [1.82, 2.24) is 0 Å². The van der Waals surface area contributed by atoms with Gasteiger partial charge in [0.2, 0.25) is 5.90 Å². The Hall–Kier alpha value is -2.94. The van der Waals surface area contributed by atoms with Gasteiger partial charge in [0.1, 0.15) is 0 Å².